The van der Waals surface area contributed by atoms with Crippen LogP contribution >= 0.6 is 8.46 Å². The Kier molecular flexibility index (Phi) is 4.21. The maximum absolute atomic E-state index is 12.1. The maximum atomic E-state index is 12.1. The zero-order chi connectivity index (χ0) is 12.8. The first-order valence-electron chi connectivity index (χ1n) is 5.55. The molecule has 3 nitrogen and oxygen atoms in total. The summed E-state index contributed by atoms with van der Waals surface area (Å²) in [5.41, 5.74) is 1.55. The molecular weight excluding hydrogens is 245 g/mol. The first-order chi connectivity index (χ1) is 8.83. The Hall–Kier alpha value is -1.99. The molecule has 0 N–H and O–H groups in total. The number of carbonyl (C=O) groups excluding carboxylic acids is 1. The van der Waals surface area contributed by atoms with Crippen molar-refractivity contribution in [2.24, 2.45) is 0 Å². The molecule has 0 spiro atoms. The van der Waals surface area contributed by atoms with Crippen LogP contribution in [0.3, 0.4) is 0 Å². The van der Waals surface area contributed by atoms with Crippen molar-refractivity contribution in [2.75, 3.05) is 11.1 Å². The summed E-state index contributed by atoms with van der Waals surface area (Å²) in [6.45, 7) is 0. The number of rotatable bonds is 4. The molecule has 2 aromatic carbocycles. The Labute approximate surface area is 107 Å². The van der Waals surface area contributed by atoms with E-state index in [4.69, 9.17) is 0 Å². The van der Waals surface area contributed by atoms with E-state index in [0.29, 0.717) is 0 Å². The highest BCUT2D eigenvalue weighted by Gasteiger charge is 2.17. The van der Waals surface area contributed by atoms with Crippen molar-refractivity contribution < 1.29 is 9.36 Å². The molecule has 90 valence electrons. The first-order valence-corrected chi connectivity index (χ1v) is 6.55. The highest BCUT2D eigenvalue weighted by molar-refractivity contribution is 7.25. The molecule has 2 rings (SSSR count). The van der Waals surface area contributed by atoms with Gasteiger partial charge in [0.05, 0.1) is 0 Å². The van der Waals surface area contributed by atoms with Gasteiger partial charge in [0.25, 0.3) is 0 Å². The van der Waals surface area contributed by atoms with Crippen LogP contribution in [-0.4, -0.2) is 12.1 Å². The van der Waals surface area contributed by atoms with Gasteiger partial charge in [0.15, 0.2) is 8.46 Å². The smallest absolute Gasteiger partial charge is 0.243 e. The Morgan fingerprint density at radius 3 is 1.72 bits per heavy atom. The van der Waals surface area contributed by atoms with E-state index in [1.165, 1.54) is 0 Å². The number of carbonyl (C=O) groups is 1. The molecule has 0 bridgehead atoms. The average molecular weight is 257 g/mol. The van der Waals surface area contributed by atoms with Gasteiger partial charge in [-0.25, -0.2) is 0 Å². The predicted molar refractivity (Wildman–Crippen MR) is 72.5 cm³/mol. The van der Waals surface area contributed by atoms with Gasteiger partial charge in [0.1, 0.15) is 6.16 Å². The van der Waals surface area contributed by atoms with Crippen LogP contribution in [0.4, 0.5) is 11.4 Å². The zero-order valence-corrected chi connectivity index (χ0v) is 10.6. The number of hydrogen-bond donors (Lipinski definition) is 0. The van der Waals surface area contributed by atoms with Crippen LogP contribution in [0.5, 0.6) is 0 Å². The second-order valence-corrected chi connectivity index (χ2v) is 4.26. The van der Waals surface area contributed by atoms with E-state index in [-0.39, 0.29) is 20.5 Å². The third kappa shape index (κ3) is 2.82. The molecule has 4 heteroatoms. The van der Waals surface area contributed by atoms with Crippen molar-refractivity contribution in [1.82, 2.24) is 0 Å². The summed E-state index contributed by atoms with van der Waals surface area (Å²) < 4.78 is 10.6. The maximum Gasteiger partial charge on any atom is 0.243 e. The third-order valence-electron chi connectivity index (χ3n) is 2.48. The van der Waals surface area contributed by atoms with Crippen LogP contribution in [0, 0.1) is 0 Å². The normalized spacial score (nSPS) is 10.2. The number of nitrogens with zero attached hydrogens (tertiary/aromatic N) is 1. The van der Waals surface area contributed by atoms with Gasteiger partial charge >= 0.3 is 0 Å². The summed E-state index contributed by atoms with van der Waals surface area (Å²) in [5, 5.41) is 0. The van der Waals surface area contributed by atoms with E-state index in [9.17, 15) is 9.36 Å². The Bertz CT molecular complexity index is 489. The SMILES string of the molecule is O=PCC(=O)N(c1ccccc1)c1ccccc1. The monoisotopic (exact) mass is 257 g/mol. The molecule has 0 saturated carbocycles. The van der Waals surface area contributed by atoms with Gasteiger partial charge in [0, 0.05) is 11.4 Å². The topological polar surface area (TPSA) is 37.4 Å². The Balaban J connectivity index is 2.41. The van der Waals surface area contributed by atoms with Crippen molar-refractivity contribution in [2.45, 2.75) is 0 Å². The van der Waals surface area contributed by atoms with E-state index in [0.717, 1.165) is 11.4 Å². The second-order valence-electron chi connectivity index (χ2n) is 3.69. The molecule has 0 aliphatic heterocycles. The predicted octanol–water partition coefficient (Wildman–Crippen LogP) is 3.64. The van der Waals surface area contributed by atoms with Crippen LogP contribution in [0.1, 0.15) is 0 Å². The number of amides is 1. The molecule has 0 aliphatic carbocycles. The Morgan fingerprint density at radius 2 is 1.33 bits per heavy atom. The van der Waals surface area contributed by atoms with E-state index >= 15 is 0 Å². The summed E-state index contributed by atoms with van der Waals surface area (Å²) in [6.07, 6.45) is -0.0240. The fourth-order valence-electron chi connectivity index (χ4n) is 1.72. The van der Waals surface area contributed by atoms with Gasteiger partial charge in [0.2, 0.25) is 5.91 Å². The largest absolute Gasteiger partial charge is 0.280 e. The summed E-state index contributed by atoms with van der Waals surface area (Å²) >= 11 is 0. The van der Waals surface area contributed by atoms with Crippen LogP contribution in [0.25, 0.3) is 0 Å². The standard InChI is InChI=1S/C14H12NO2P/c16-14(11-18-17)15(12-7-3-1-4-8-12)13-9-5-2-6-10-13/h1-10H,11H2. The highest BCUT2D eigenvalue weighted by Crippen LogP contribution is 2.25. The minimum Gasteiger partial charge on any atom is -0.280 e. The van der Waals surface area contributed by atoms with Gasteiger partial charge in [-0.05, 0) is 24.3 Å². The molecule has 0 aromatic heterocycles. The fraction of sp³-hybridized carbons (Fsp3) is 0.0714. The van der Waals surface area contributed by atoms with Gasteiger partial charge < -0.3 is 0 Å². The first kappa shape index (κ1) is 12.5. The van der Waals surface area contributed by atoms with Crippen molar-refractivity contribution >= 4 is 25.7 Å². The lowest BCUT2D eigenvalue weighted by Gasteiger charge is -2.21. The molecule has 0 aliphatic rings. The lowest BCUT2D eigenvalue weighted by Crippen LogP contribution is -2.26. The quantitative estimate of drug-likeness (QED) is 0.784. The molecule has 1 amide bonds. The number of hydrogen-bond acceptors (Lipinski definition) is 2. The van der Waals surface area contributed by atoms with Crippen molar-refractivity contribution in [1.29, 1.82) is 0 Å². The molecule has 2 aromatic rings. The summed E-state index contributed by atoms with van der Waals surface area (Å²) in [7, 11) is -0.167. The van der Waals surface area contributed by atoms with Gasteiger partial charge in [-0.3, -0.25) is 14.3 Å². The minimum atomic E-state index is -0.191. The summed E-state index contributed by atoms with van der Waals surface area (Å²) in [4.78, 5) is 13.6. The molecule has 0 saturated heterocycles. The third-order valence-corrected chi connectivity index (χ3v) is 2.88. The van der Waals surface area contributed by atoms with Crippen LogP contribution in [-0.2, 0) is 9.36 Å². The molecule has 18 heavy (non-hydrogen) atoms. The van der Waals surface area contributed by atoms with Crippen molar-refractivity contribution in [3.8, 4) is 0 Å². The molecule has 0 fully saturated rings. The van der Waals surface area contributed by atoms with Crippen molar-refractivity contribution in [3.63, 3.8) is 0 Å². The second kappa shape index (κ2) is 6.08. The van der Waals surface area contributed by atoms with Crippen LogP contribution in [0.2, 0.25) is 0 Å². The van der Waals surface area contributed by atoms with E-state index in [2.05, 4.69) is 0 Å². The number of para-hydroxylation sites is 2. The molecule has 0 radical (unpaired) electrons. The number of anilines is 2. The number of benzene rings is 2. The zero-order valence-electron chi connectivity index (χ0n) is 9.69. The Morgan fingerprint density at radius 1 is 0.889 bits per heavy atom. The lowest BCUT2D eigenvalue weighted by atomic mass is 10.2. The van der Waals surface area contributed by atoms with Crippen molar-refractivity contribution in [3.05, 3.63) is 60.7 Å². The van der Waals surface area contributed by atoms with Gasteiger partial charge in [-0.1, -0.05) is 36.4 Å². The fourth-order valence-corrected chi connectivity index (χ4v) is 1.97. The molecular formula is C14H12NO2P. The minimum absolute atomic E-state index is 0.0240. The average Bonchev–Trinajstić information content (AvgIpc) is 2.42. The summed E-state index contributed by atoms with van der Waals surface area (Å²) in [6, 6.07) is 18.7. The van der Waals surface area contributed by atoms with Crippen LogP contribution in [0.15, 0.2) is 60.7 Å². The van der Waals surface area contributed by atoms with E-state index < -0.39 is 0 Å². The van der Waals surface area contributed by atoms with E-state index in [1.54, 1.807) is 4.90 Å². The highest BCUT2D eigenvalue weighted by atomic mass is 31.1. The lowest BCUT2D eigenvalue weighted by molar-refractivity contribution is -0.115. The molecule has 0 unspecified atom stereocenters. The molecule has 0 heterocycles. The van der Waals surface area contributed by atoms with Gasteiger partial charge in [-0.2, -0.15) is 0 Å². The van der Waals surface area contributed by atoms with Gasteiger partial charge in [-0.15, -0.1) is 0 Å². The van der Waals surface area contributed by atoms with E-state index in [1.807, 2.05) is 60.7 Å². The summed E-state index contributed by atoms with van der Waals surface area (Å²) in [5.74, 6) is -0.191. The van der Waals surface area contributed by atoms with Crippen LogP contribution < -0.4 is 4.90 Å². The molecule has 0 atom stereocenters.